The Morgan fingerprint density at radius 1 is 1.54 bits per heavy atom. The molecule has 5 nitrogen and oxygen atoms in total. The normalized spacial score (nSPS) is 14.2. The fraction of sp³-hybridized carbons (Fsp3) is 0.375. The summed E-state index contributed by atoms with van der Waals surface area (Å²) < 4.78 is 0.981. The lowest BCUT2D eigenvalue weighted by Gasteiger charge is -1.95. The van der Waals surface area contributed by atoms with Crippen molar-refractivity contribution in [2.75, 3.05) is 0 Å². The first-order valence-corrected chi connectivity index (χ1v) is 4.10. The standard InChI is InChI=1S/C8H9N2O3/c11-9-5-4-8(10(12)13)6-2-1-3-7(6)9/h4-5,11H,1-3H2/q+1. The quantitative estimate of drug-likeness (QED) is 0.298. The minimum atomic E-state index is -0.399. The van der Waals surface area contributed by atoms with E-state index in [2.05, 4.69) is 0 Å². The molecule has 0 saturated carbocycles. The van der Waals surface area contributed by atoms with Gasteiger partial charge < -0.3 is 0 Å². The smallest absolute Gasteiger partial charge is 0.285 e. The molecule has 1 N–H and O–H groups in total. The third kappa shape index (κ3) is 1.12. The molecule has 0 radical (unpaired) electrons. The van der Waals surface area contributed by atoms with Gasteiger partial charge in [0.25, 0.3) is 5.69 Å². The summed E-state index contributed by atoms with van der Waals surface area (Å²) in [6.07, 6.45) is 3.60. The van der Waals surface area contributed by atoms with E-state index in [0.717, 1.165) is 11.2 Å². The molecule has 0 unspecified atom stereocenters. The SMILES string of the molecule is O=[N+]([O-])c1cc[n+](O)c2c1CCC2. The molecule has 0 fully saturated rings. The first kappa shape index (κ1) is 7.97. The number of aromatic nitrogens is 1. The molecule has 1 aromatic rings. The van der Waals surface area contributed by atoms with Crippen LogP contribution in [0.2, 0.25) is 0 Å². The highest BCUT2D eigenvalue weighted by Crippen LogP contribution is 2.26. The zero-order valence-corrected chi connectivity index (χ0v) is 6.93. The number of nitrogens with zero attached hydrogens (tertiary/aromatic N) is 2. The number of pyridine rings is 1. The van der Waals surface area contributed by atoms with Crippen LogP contribution in [0.5, 0.6) is 0 Å². The van der Waals surface area contributed by atoms with E-state index >= 15 is 0 Å². The molecule has 13 heavy (non-hydrogen) atoms. The van der Waals surface area contributed by atoms with E-state index in [1.54, 1.807) is 0 Å². The average Bonchev–Trinajstić information content (AvgIpc) is 2.53. The Bertz CT molecular complexity index is 376. The Kier molecular flexibility index (Phi) is 1.65. The second-order valence-corrected chi connectivity index (χ2v) is 3.08. The second-order valence-electron chi connectivity index (χ2n) is 3.08. The van der Waals surface area contributed by atoms with Gasteiger partial charge in [-0.1, -0.05) is 0 Å². The molecule has 68 valence electrons. The molecule has 0 saturated heterocycles. The summed E-state index contributed by atoms with van der Waals surface area (Å²) >= 11 is 0. The van der Waals surface area contributed by atoms with E-state index in [1.807, 2.05) is 0 Å². The summed E-state index contributed by atoms with van der Waals surface area (Å²) in [5.41, 5.74) is 1.47. The maximum absolute atomic E-state index is 10.6. The van der Waals surface area contributed by atoms with E-state index in [-0.39, 0.29) is 5.69 Å². The number of hydrogen-bond donors (Lipinski definition) is 1. The van der Waals surface area contributed by atoms with Crippen molar-refractivity contribution in [3.63, 3.8) is 0 Å². The first-order chi connectivity index (χ1) is 6.20. The third-order valence-electron chi connectivity index (χ3n) is 2.34. The highest BCUT2D eigenvalue weighted by molar-refractivity contribution is 5.41. The zero-order chi connectivity index (χ0) is 9.42. The van der Waals surface area contributed by atoms with Crippen molar-refractivity contribution >= 4 is 5.69 Å². The van der Waals surface area contributed by atoms with Gasteiger partial charge in [0.15, 0.2) is 0 Å². The van der Waals surface area contributed by atoms with Crippen molar-refractivity contribution in [2.24, 2.45) is 0 Å². The molecule has 1 heterocycles. The van der Waals surface area contributed by atoms with Gasteiger partial charge in [-0.25, -0.2) is 0 Å². The summed E-state index contributed by atoms with van der Waals surface area (Å²) in [6.45, 7) is 0. The monoisotopic (exact) mass is 181 g/mol. The average molecular weight is 181 g/mol. The summed E-state index contributed by atoms with van der Waals surface area (Å²) in [5, 5.41) is 19.9. The van der Waals surface area contributed by atoms with Crippen LogP contribution in [0.15, 0.2) is 12.3 Å². The van der Waals surface area contributed by atoms with Gasteiger partial charge in [-0.2, -0.15) is 0 Å². The van der Waals surface area contributed by atoms with Crippen LogP contribution in [0.3, 0.4) is 0 Å². The Morgan fingerprint density at radius 2 is 2.31 bits per heavy atom. The van der Waals surface area contributed by atoms with E-state index in [4.69, 9.17) is 0 Å². The molecule has 0 bridgehead atoms. The summed E-state index contributed by atoms with van der Waals surface area (Å²) in [4.78, 5) is 10.2. The van der Waals surface area contributed by atoms with Crippen LogP contribution in [0.4, 0.5) is 5.69 Å². The minimum Gasteiger partial charge on any atom is -0.285 e. The van der Waals surface area contributed by atoms with E-state index in [9.17, 15) is 15.3 Å². The molecular formula is C8H9N2O3+. The van der Waals surface area contributed by atoms with Crippen LogP contribution < -0.4 is 4.73 Å². The zero-order valence-electron chi connectivity index (χ0n) is 6.93. The second kappa shape index (κ2) is 2.69. The summed E-state index contributed by atoms with van der Waals surface area (Å²) in [5.74, 6) is 0. The Morgan fingerprint density at radius 3 is 3.00 bits per heavy atom. The van der Waals surface area contributed by atoms with E-state index < -0.39 is 4.92 Å². The van der Waals surface area contributed by atoms with Crippen molar-refractivity contribution in [3.8, 4) is 0 Å². The first-order valence-electron chi connectivity index (χ1n) is 4.10. The molecule has 1 aromatic heterocycles. The number of nitro groups is 1. The predicted molar refractivity (Wildman–Crippen MR) is 42.5 cm³/mol. The Balaban J connectivity index is 2.62. The summed E-state index contributed by atoms with van der Waals surface area (Å²) in [6, 6.07) is 1.34. The van der Waals surface area contributed by atoms with Gasteiger partial charge in [-0.05, 0) is 12.8 Å². The van der Waals surface area contributed by atoms with Crippen molar-refractivity contribution in [2.45, 2.75) is 19.3 Å². The maximum atomic E-state index is 10.6. The highest BCUT2D eigenvalue weighted by Gasteiger charge is 2.30. The molecule has 0 spiro atoms. The number of hydrogen-bond acceptors (Lipinski definition) is 3. The molecular weight excluding hydrogens is 172 g/mol. The van der Waals surface area contributed by atoms with Gasteiger partial charge in [0.1, 0.15) is 5.56 Å². The summed E-state index contributed by atoms with van der Waals surface area (Å²) in [7, 11) is 0. The van der Waals surface area contributed by atoms with Crippen molar-refractivity contribution in [3.05, 3.63) is 33.6 Å². The minimum absolute atomic E-state index is 0.123. The molecule has 0 atom stereocenters. The van der Waals surface area contributed by atoms with Gasteiger partial charge in [0.05, 0.1) is 11.0 Å². The maximum Gasteiger partial charge on any atom is 0.285 e. The molecule has 5 heteroatoms. The molecule has 0 aliphatic heterocycles. The Labute approximate surface area is 74.4 Å². The van der Waals surface area contributed by atoms with E-state index in [1.165, 1.54) is 12.3 Å². The molecule has 0 amide bonds. The van der Waals surface area contributed by atoms with Gasteiger partial charge in [-0.15, -0.1) is 0 Å². The largest absolute Gasteiger partial charge is 0.285 e. The van der Waals surface area contributed by atoms with Crippen molar-refractivity contribution in [1.29, 1.82) is 0 Å². The lowest BCUT2D eigenvalue weighted by molar-refractivity contribution is -0.909. The lowest BCUT2D eigenvalue weighted by atomic mass is 10.2. The van der Waals surface area contributed by atoms with Crippen LogP contribution in [0.1, 0.15) is 17.7 Å². The van der Waals surface area contributed by atoms with Crippen LogP contribution >= 0.6 is 0 Å². The van der Waals surface area contributed by atoms with Crippen LogP contribution in [0, 0.1) is 10.1 Å². The fourth-order valence-electron chi connectivity index (χ4n) is 1.76. The van der Waals surface area contributed by atoms with Crippen LogP contribution in [-0.2, 0) is 12.8 Å². The number of rotatable bonds is 1. The van der Waals surface area contributed by atoms with E-state index in [0.29, 0.717) is 24.1 Å². The molecule has 1 aliphatic carbocycles. The lowest BCUT2D eigenvalue weighted by Crippen LogP contribution is -2.34. The van der Waals surface area contributed by atoms with Gasteiger partial charge in [0.2, 0.25) is 11.9 Å². The van der Waals surface area contributed by atoms with Gasteiger partial charge in [0, 0.05) is 11.2 Å². The van der Waals surface area contributed by atoms with Gasteiger partial charge >= 0.3 is 0 Å². The van der Waals surface area contributed by atoms with Crippen LogP contribution in [0.25, 0.3) is 0 Å². The molecule has 1 aliphatic rings. The molecule has 2 rings (SSSR count). The van der Waals surface area contributed by atoms with Crippen LogP contribution in [-0.4, -0.2) is 10.1 Å². The topological polar surface area (TPSA) is 67.2 Å². The molecule has 0 aromatic carbocycles. The predicted octanol–water partition coefficient (Wildman–Crippen LogP) is 0.608. The third-order valence-corrected chi connectivity index (χ3v) is 2.34. The fourth-order valence-corrected chi connectivity index (χ4v) is 1.76. The highest BCUT2D eigenvalue weighted by atomic mass is 16.6. The van der Waals surface area contributed by atoms with Gasteiger partial charge in [-0.3, -0.25) is 15.3 Å². The Hall–Kier alpha value is -1.65. The van der Waals surface area contributed by atoms with Crippen molar-refractivity contribution in [1.82, 2.24) is 0 Å². The van der Waals surface area contributed by atoms with Crippen molar-refractivity contribution < 1.29 is 14.9 Å². The number of fused-ring (bicyclic) bond motifs is 1.